The first-order chi connectivity index (χ1) is 15.5. The Kier molecular flexibility index (Phi) is 5.69. The van der Waals surface area contributed by atoms with Crippen LogP contribution in [0.15, 0.2) is 52.7 Å². The summed E-state index contributed by atoms with van der Waals surface area (Å²) in [5, 5.41) is 30.7. The van der Waals surface area contributed by atoms with Crippen molar-refractivity contribution in [3.8, 4) is 22.3 Å². The second kappa shape index (κ2) is 8.35. The Morgan fingerprint density at radius 1 is 1.15 bits per heavy atom. The number of carbonyl (C=O) groups is 1. The number of aromatic nitrogens is 3. The number of rotatable bonds is 6. The molecule has 13 heteroatoms. The highest BCUT2D eigenvalue weighted by atomic mass is 32.2. The van der Waals surface area contributed by atoms with Crippen LogP contribution in [0.4, 0.5) is 8.78 Å². The molecule has 0 bridgehead atoms. The Bertz CT molecular complexity index is 1500. The van der Waals surface area contributed by atoms with Crippen LogP contribution in [0.3, 0.4) is 0 Å². The second-order valence-electron chi connectivity index (χ2n) is 6.88. The largest absolute Gasteiger partial charge is 0.493 e. The predicted molar refractivity (Wildman–Crippen MR) is 114 cm³/mol. The van der Waals surface area contributed by atoms with Gasteiger partial charge in [0.2, 0.25) is 21.0 Å². The number of sulfonamides is 1. The lowest BCUT2D eigenvalue weighted by atomic mass is 10.0. The van der Waals surface area contributed by atoms with Crippen molar-refractivity contribution in [3.05, 3.63) is 76.3 Å². The van der Waals surface area contributed by atoms with Crippen LogP contribution < -0.4 is 5.14 Å². The number of carboxylic acids is 1. The maximum absolute atomic E-state index is 13.9. The second-order valence-corrected chi connectivity index (χ2v) is 9.28. The van der Waals surface area contributed by atoms with E-state index in [0.29, 0.717) is 5.56 Å². The SMILES string of the molecule is NS(=O)(=O)c1cccc(Cc2c(-c3ccc(F)c(F)c3)nn(-c3nc(C(=O)O)cs3)c2O)c1. The molecule has 4 N–H and O–H groups in total. The van der Waals surface area contributed by atoms with Crippen molar-refractivity contribution >= 4 is 27.3 Å². The van der Waals surface area contributed by atoms with Gasteiger partial charge in [-0.3, -0.25) is 0 Å². The molecule has 2 heterocycles. The normalized spacial score (nSPS) is 11.6. The molecular formula is C20H14F2N4O5S2. The molecule has 0 fully saturated rings. The van der Waals surface area contributed by atoms with Gasteiger partial charge in [-0.15, -0.1) is 11.3 Å². The van der Waals surface area contributed by atoms with Crippen LogP contribution >= 0.6 is 11.3 Å². The number of benzene rings is 2. The van der Waals surface area contributed by atoms with E-state index in [9.17, 15) is 27.1 Å². The third-order valence-corrected chi connectivity index (χ3v) is 6.38. The van der Waals surface area contributed by atoms with Gasteiger partial charge in [-0.05, 0) is 35.9 Å². The number of thiazole rings is 1. The fraction of sp³-hybridized carbons (Fsp3) is 0.0500. The lowest BCUT2D eigenvalue weighted by Crippen LogP contribution is -2.12. The van der Waals surface area contributed by atoms with Crippen molar-refractivity contribution in [2.24, 2.45) is 5.14 Å². The average Bonchev–Trinajstić information content (AvgIpc) is 3.36. The summed E-state index contributed by atoms with van der Waals surface area (Å²) in [7, 11) is -3.98. The first kappa shape index (κ1) is 22.5. The summed E-state index contributed by atoms with van der Waals surface area (Å²) < 4.78 is 51.7. The fourth-order valence-corrected chi connectivity index (χ4v) is 4.44. The van der Waals surface area contributed by atoms with Crippen LogP contribution in [0.2, 0.25) is 0 Å². The van der Waals surface area contributed by atoms with Crippen molar-refractivity contribution in [1.82, 2.24) is 14.8 Å². The van der Waals surface area contributed by atoms with E-state index in [0.717, 1.165) is 28.2 Å². The van der Waals surface area contributed by atoms with Crippen LogP contribution in [-0.2, 0) is 16.4 Å². The highest BCUT2D eigenvalue weighted by Gasteiger charge is 2.23. The standard InChI is InChI=1S/C20H14F2N4O5S2/c21-14-5-4-11(8-15(14)22)17-13(7-10-2-1-3-12(6-10)33(23,30)31)18(27)26(25-17)20-24-16(9-32-20)19(28)29/h1-6,8-9,27H,7H2,(H,28,29)(H2,23,30,31). The zero-order valence-electron chi connectivity index (χ0n) is 16.4. The molecule has 4 aromatic rings. The van der Waals surface area contributed by atoms with E-state index in [1.54, 1.807) is 6.07 Å². The molecule has 2 aromatic carbocycles. The van der Waals surface area contributed by atoms with Gasteiger partial charge in [-0.1, -0.05) is 12.1 Å². The van der Waals surface area contributed by atoms with Gasteiger partial charge in [0.1, 0.15) is 5.69 Å². The quantitative estimate of drug-likeness (QED) is 0.375. The third kappa shape index (κ3) is 4.46. The van der Waals surface area contributed by atoms with Gasteiger partial charge in [0.05, 0.1) is 4.90 Å². The Labute approximate surface area is 189 Å². The molecule has 0 aliphatic rings. The molecule has 0 saturated carbocycles. The van der Waals surface area contributed by atoms with Gasteiger partial charge in [0.15, 0.2) is 17.3 Å². The summed E-state index contributed by atoms with van der Waals surface area (Å²) in [6.07, 6.45) is -0.0549. The van der Waals surface area contributed by atoms with Crippen LogP contribution in [0.25, 0.3) is 16.4 Å². The molecule has 0 atom stereocenters. The summed E-state index contributed by atoms with van der Waals surface area (Å²) in [6.45, 7) is 0. The van der Waals surface area contributed by atoms with E-state index in [1.165, 1.54) is 29.6 Å². The smallest absolute Gasteiger partial charge is 0.355 e. The average molecular weight is 492 g/mol. The van der Waals surface area contributed by atoms with E-state index in [2.05, 4.69) is 10.1 Å². The number of carboxylic acid groups (broad SMARTS) is 1. The third-order valence-electron chi connectivity index (χ3n) is 4.65. The molecule has 0 radical (unpaired) electrons. The molecule has 9 nitrogen and oxygen atoms in total. The van der Waals surface area contributed by atoms with Crippen LogP contribution in [0, 0.1) is 11.6 Å². The van der Waals surface area contributed by atoms with E-state index < -0.39 is 33.5 Å². The zero-order chi connectivity index (χ0) is 23.9. The Morgan fingerprint density at radius 2 is 1.91 bits per heavy atom. The predicted octanol–water partition coefficient (Wildman–Crippen LogP) is 2.92. The van der Waals surface area contributed by atoms with Gasteiger partial charge in [0.25, 0.3) is 0 Å². The van der Waals surface area contributed by atoms with Crippen molar-refractivity contribution in [1.29, 1.82) is 0 Å². The molecule has 33 heavy (non-hydrogen) atoms. The topological polar surface area (TPSA) is 148 Å². The van der Waals surface area contributed by atoms with Crippen molar-refractivity contribution in [2.75, 3.05) is 0 Å². The molecule has 0 aliphatic heterocycles. The van der Waals surface area contributed by atoms with Crippen LogP contribution in [-0.4, -0.2) is 39.4 Å². The first-order valence-corrected chi connectivity index (χ1v) is 11.5. The van der Waals surface area contributed by atoms with Gasteiger partial charge in [0, 0.05) is 22.9 Å². The van der Waals surface area contributed by atoms with E-state index in [4.69, 9.17) is 10.2 Å². The minimum atomic E-state index is -3.98. The summed E-state index contributed by atoms with van der Waals surface area (Å²) >= 11 is 0.899. The molecule has 0 unspecified atom stereocenters. The Balaban J connectivity index is 1.87. The van der Waals surface area contributed by atoms with Crippen molar-refractivity contribution < 1.29 is 32.2 Å². The number of hydrogen-bond acceptors (Lipinski definition) is 7. The van der Waals surface area contributed by atoms with Gasteiger partial charge < -0.3 is 10.2 Å². The van der Waals surface area contributed by atoms with Crippen molar-refractivity contribution in [2.45, 2.75) is 11.3 Å². The minimum Gasteiger partial charge on any atom is -0.493 e. The highest BCUT2D eigenvalue weighted by molar-refractivity contribution is 7.89. The molecule has 0 saturated heterocycles. The van der Waals surface area contributed by atoms with Crippen LogP contribution in [0.1, 0.15) is 21.6 Å². The summed E-state index contributed by atoms with van der Waals surface area (Å²) in [5.41, 5.74) is 0.530. The number of aromatic hydroxyl groups is 1. The molecule has 0 amide bonds. The number of hydrogen-bond donors (Lipinski definition) is 3. The van der Waals surface area contributed by atoms with E-state index >= 15 is 0 Å². The van der Waals surface area contributed by atoms with Gasteiger partial charge >= 0.3 is 5.97 Å². The first-order valence-electron chi connectivity index (χ1n) is 9.12. The lowest BCUT2D eigenvalue weighted by molar-refractivity contribution is 0.0691. The van der Waals surface area contributed by atoms with Gasteiger partial charge in [-0.2, -0.15) is 9.78 Å². The number of aromatic carboxylic acids is 1. The highest BCUT2D eigenvalue weighted by Crippen LogP contribution is 2.35. The summed E-state index contributed by atoms with van der Waals surface area (Å²) in [4.78, 5) is 14.9. The van der Waals surface area contributed by atoms with Gasteiger partial charge in [-0.25, -0.2) is 32.1 Å². The van der Waals surface area contributed by atoms with E-state index in [-0.39, 0.29) is 39.0 Å². The summed E-state index contributed by atoms with van der Waals surface area (Å²) in [5.74, 6) is -3.91. The number of halogens is 2. The van der Waals surface area contributed by atoms with E-state index in [1.807, 2.05) is 0 Å². The molecule has 4 rings (SSSR count). The summed E-state index contributed by atoms with van der Waals surface area (Å²) in [6, 6.07) is 8.74. The number of nitrogens with two attached hydrogens (primary N) is 1. The number of primary sulfonamides is 1. The van der Waals surface area contributed by atoms with Crippen molar-refractivity contribution in [3.63, 3.8) is 0 Å². The maximum Gasteiger partial charge on any atom is 0.355 e. The fourth-order valence-electron chi connectivity index (χ4n) is 3.11. The Morgan fingerprint density at radius 3 is 2.55 bits per heavy atom. The molecule has 0 spiro atoms. The maximum atomic E-state index is 13.9. The molecular weight excluding hydrogens is 478 g/mol. The Hall–Kier alpha value is -3.68. The zero-order valence-corrected chi connectivity index (χ0v) is 18.1. The van der Waals surface area contributed by atoms with Crippen LogP contribution in [0.5, 0.6) is 5.88 Å². The lowest BCUT2D eigenvalue weighted by Gasteiger charge is -2.06. The molecule has 170 valence electrons. The minimum absolute atomic E-state index is 0.0262. The number of nitrogens with zero attached hydrogens (tertiary/aromatic N) is 3. The molecule has 2 aromatic heterocycles. The monoisotopic (exact) mass is 492 g/mol. The molecule has 0 aliphatic carbocycles.